The number of unbranched alkanes of at least 4 members (excludes halogenated alkanes) is 1. The Morgan fingerprint density at radius 2 is 1.19 bits per heavy atom. The predicted octanol–water partition coefficient (Wildman–Crippen LogP) is 5.55. The van der Waals surface area contributed by atoms with Crippen LogP contribution in [-0.4, -0.2) is 7.32 Å². The van der Waals surface area contributed by atoms with Crippen LogP contribution in [0.5, 0.6) is 17.2 Å². The highest BCUT2D eigenvalue weighted by molar-refractivity contribution is 6.39. The van der Waals surface area contributed by atoms with E-state index >= 15 is 0 Å². The fraction of sp³-hybridized carbons (Fsp3) is 0.182. The summed E-state index contributed by atoms with van der Waals surface area (Å²) in [7, 11) is -0.873. The quantitative estimate of drug-likeness (QED) is 0.475. The molecule has 3 aromatic carbocycles. The first-order chi connectivity index (χ1) is 12.8. The zero-order valence-corrected chi connectivity index (χ0v) is 15.0. The summed E-state index contributed by atoms with van der Waals surface area (Å²) in [6.45, 7) is 2.18. The molecule has 0 atom stereocenters. The van der Waals surface area contributed by atoms with Crippen molar-refractivity contribution in [1.29, 1.82) is 0 Å². The van der Waals surface area contributed by atoms with Crippen molar-refractivity contribution in [2.45, 2.75) is 26.2 Å². The standard InChI is InChI=1S/C22H23BO3/c1-2-3-12-19-13-10-11-18-22(19)26-23(24-20-14-6-4-7-15-20)25-21-16-8-5-9-17-21/h4-11,13-18H,2-3,12H2,1H3. The summed E-state index contributed by atoms with van der Waals surface area (Å²) in [6.07, 6.45) is 3.22. The van der Waals surface area contributed by atoms with Crippen LogP contribution in [-0.2, 0) is 6.42 Å². The minimum absolute atomic E-state index is 0.694. The van der Waals surface area contributed by atoms with Crippen molar-refractivity contribution in [3.05, 3.63) is 90.5 Å². The number of benzene rings is 3. The van der Waals surface area contributed by atoms with Gasteiger partial charge in [0.1, 0.15) is 17.2 Å². The molecule has 0 saturated carbocycles. The van der Waals surface area contributed by atoms with Gasteiger partial charge in [0.15, 0.2) is 0 Å². The Kier molecular flexibility index (Phi) is 6.60. The fourth-order valence-electron chi connectivity index (χ4n) is 2.59. The summed E-state index contributed by atoms with van der Waals surface area (Å²) in [5.41, 5.74) is 1.16. The average molecular weight is 346 g/mol. The first-order valence-electron chi connectivity index (χ1n) is 9.03. The molecule has 0 radical (unpaired) electrons. The highest BCUT2D eigenvalue weighted by atomic mass is 16.7. The summed E-state index contributed by atoms with van der Waals surface area (Å²) in [5.74, 6) is 2.18. The van der Waals surface area contributed by atoms with E-state index in [1.807, 2.05) is 78.9 Å². The van der Waals surface area contributed by atoms with Gasteiger partial charge in [0.25, 0.3) is 0 Å². The van der Waals surface area contributed by atoms with Gasteiger partial charge < -0.3 is 14.0 Å². The number of aryl methyl sites for hydroxylation is 1. The van der Waals surface area contributed by atoms with Gasteiger partial charge in [-0.2, -0.15) is 0 Å². The molecule has 0 unspecified atom stereocenters. The summed E-state index contributed by atoms with van der Waals surface area (Å²) in [4.78, 5) is 0. The average Bonchev–Trinajstić information content (AvgIpc) is 2.69. The van der Waals surface area contributed by atoms with Crippen molar-refractivity contribution < 1.29 is 14.0 Å². The predicted molar refractivity (Wildman–Crippen MR) is 106 cm³/mol. The van der Waals surface area contributed by atoms with Gasteiger partial charge >= 0.3 is 7.32 Å². The molecule has 0 aliphatic heterocycles. The van der Waals surface area contributed by atoms with Crippen LogP contribution in [0.4, 0.5) is 0 Å². The minimum Gasteiger partial charge on any atom is -0.490 e. The molecule has 3 rings (SSSR count). The van der Waals surface area contributed by atoms with Crippen molar-refractivity contribution in [2.75, 3.05) is 0 Å². The van der Waals surface area contributed by atoms with Crippen LogP contribution in [0.1, 0.15) is 25.3 Å². The summed E-state index contributed by atoms with van der Waals surface area (Å²) < 4.78 is 18.0. The van der Waals surface area contributed by atoms with E-state index in [0.717, 1.165) is 30.6 Å². The lowest BCUT2D eigenvalue weighted by atomic mass is 10.1. The van der Waals surface area contributed by atoms with Crippen molar-refractivity contribution in [1.82, 2.24) is 0 Å². The second-order valence-electron chi connectivity index (χ2n) is 5.98. The van der Waals surface area contributed by atoms with E-state index in [0.29, 0.717) is 11.5 Å². The smallest absolute Gasteiger partial charge is 0.490 e. The Morgan fingerprint density at radius 1 is 0.654 bits per heavy atom. The Balaban J connectivity index is 1.79. The van der Waals surface area contributed by atoms with Crippen molar-refractivity contribution in [3.63, 3.8) is 0 Å². The van der Waals surface area contributed by atoms with Gasteiger partial charge in [0, 0.05) is 0 Å². The topological polar surface area (TPSA) is 27.7 Å². The largest absolute Gasteiger partial charge is 0.864 e. The molecule has 0 amide bonds. The normalized spacial score (nSPS) is 10.2. The number of hydrogen-bond donors (Lipinski definition) is 0. The van der Waals surface area contributed by atoms with Crippen LogP contribution < -0.4 is 14.0 Å². The van der Waals surface area contributed by atoms with Gasteiger partial charge in [-0.3, -0.25) is 0 Å². The van der Waals surface area contributed by atoms with E-state index in [-0.39, 0.29) is 0 Å². The molecule has 0 aliphatic rings. The molecule has 3 aromatic rings. The Hall–Kier alpha value is -2.88. The van der Waals surface area contributed by atoms with Crippen LogP contribution in [0.25, 0.3) is 0 Å². The maximum Gasteiger partial charge on any atom is 0.864 e. The van der Waals surface area contributed by atoms with Gasteiger partial charge in [-0.1, -0.05) is 67.9 Å². The monoisotopic (exact) mass is 346 g/mol. The summed E-state index contributed by atoms with van der Waals surface area (Å²) in [6, 6.07) is 27.1. The van der Waals surface area contributed by atoms with Gasteiger partial charge in [0.2, 0.25) is 0 Å². The molecule has 4 heteroatoms. The fourth-order valence-corrected chi connectivity index (χ4v) is 2.59. The van der Waals surface area contributed by atoms with Gasteiger partial charge in [-0.15, -0.1) is 0 Å². The Bertz CT molecular complexity index is 736. The van der Waals surface area contributed by atoms with Gasteiger partial charge in [0.05, 0.1) is 0 Å². The molecule has 0 spiro atoms. The third-order valence-electron chi connectivity index (χ3n) is 3.95. The minimum atomic E-state index is -0.873. The van der Waals surface area contributed by atoms with Crippen molar-refractivity contribution in [3.8, 4) is 17.2 Å². The molecule has 0 aromatic heterocycles. The molecular weight excluding hydrogens is 323 g/mol. The van der Waals surface area contributed by atoms with E-state index in [9.17, 15) is 0 Å². The van der Waals surface area contributed by atoms with E-state index in [2.05, 4.69) is 13.0 Å². The molecule has 26 heavy (non-hydrogen) atoms. The molecule has 0 fully saturated rings. The number of hydrogen-bond acceptors (Lipinski definition) is 3. The SMILES string of the molecule is CCCCc1ccccc1OB(Oc1ccccc1)Oc1ccccc1. The molecule has 0 bridgehead atoms. The van der Waals surface area contributed by atoms with Gasteiger partial charge in [-0.25, -0.2) is 0 Å². The molecule has 3 nitrogen and oxygen atoms in total. The van der Waals surface area contributed by atoms with Crippen molar-refractivity contribution >= 4 is 7.32 Å². The molecule has 0 N–H and O–H groups in total. The highest BCUT2D eigenvalue weighted by Gasteiger charge is 2.30. The third kappa shape index (κ3) is 5.31. The van der Waals surface area contributed by atoms with Crippen LogP contribution in [0.3, 0.4) is 0 Å². The highest BCUT2D eigenvalue weighted by Crippen LogP contribution is 2.23. The summed E-state index contributed by atoms with van der Waals surface area (Å²) in [5, 5.41) is 0. The van der Waals surface area contributed by atoms with E-state index < -0.39 is 7.32 Å². The number of para-hydroxylation sites is 3. The van der Waals surface area contributed by atoms with E-state index in [1.165, 1.54) is 0 Å². The Morgan fingerprint density at radius 3 is 1.77 bits per heavy atom. The first-order valence-corrected chi connectivity index (χ1v) is 9.03. The van der Waals surface area contributed by atoms with Gasteiger partial charge in [-0.05, 0) is 48.7 Å². The van der Waals surface area contributed by atoms with Crippen LogP contribution in [0.2, 0.25) is 0 Å². The maximum absolute atomic E-state index is 6.11. The Labute approximate surface area is 155 Å². The third-order valence-corrected chi connectivity index (χ3v) is 3.95. The van der Waals surface area contributed by atoms with Crippen LogP contribution >= 0.6 is 0 Å². The lowest BCUT2D eigenvalue weighted by molar-refractivity contribution is 0.306. The zero-order chi connectivity index (χ0) is 18.0. The maximum atomic E-state index is 6.11. The van der Waals surface area contributed by atoms with E-state index in [4.69, 9.17) is 14.0 Å². The first kappa shape index (κ1) is 17.9. The summed E-state index contributed by atoms with van der Waals surface area (Å²) >= 11 is 0. The van der Waals surface area contributed by atoms with Crippen molar-refractivity contribution in [2.24, 2.45) is 0 Å². The zero-order valence-electron chi connectivity index (χ0n) is 15.0. The lowest BCUT2D eigenvalue weighted by Crippen LogP contribution is -2.37. The number of rotatable bonds is 9. The van der Waals surface area contributed by atoms with Crippen LogP contribution in [0.15, 0.2) is 84.9 Å². The molecule has 132 valence electrons. The molecular formula is C22H23BO3. The van der Waals surface area contributed by atoms with E-state index in [1.54, 1.807) is 0 Å². The van der Waals surface area contributed by atoms with Crippen LogP contribution in [0, 0.1) is 0 Å². The molecule has 0 heterocycles. The second kappa shape index (κ2) is 9.57. The second-order valence-corrected chi connectivity index (χ2v) is 5.98. The molecule has 0 saturated heterocycles. The molecule has 0 aliphatic carbocycles. The lowest BCUT2D eigenvalue weighted by Gasteiger charge is -2.18.